The summed E-state index contributed by atoms with van der Waals surface area (Å²) in [6, 6.07) is 56.4. The van der Waals surface area contributed by atoms with Crippen LogP contribution in [-0.4, -0.2) is 31.9 Å². The summed E-state index contributed by atoms with van der Waals surface area (Å²) in [5.74, 6) is 1.58. The number of fused-ring (bicyclic) bond motifs is 13. The Morgan fingerprint density at radius 1 is 0.597 bits per heavy atom. The van der Waals surface area contributed by atoms with Crippen LogP contribution in [0.25, 0.3) is 78.4 Å². The van der Waals surface area contributed by atoms with Crippen LogP contribution in [0.3, 0.4) is 0 Å². The smallest absolute Gasteiger partial charge is 0.207 e. The number of rotatable bonds is 3. The SMILES string of the molecule is C=C1c2ccccc2OC/C=C\C=c2/c(=C)n1c1cc3c(cc1n1c4ccccc4c4cccc2c41)c1ccccc1n3C(N)=NC(=NCc1ccccc1)c1ccccc1.CC.CC.CC. The topological polar surface area (TPSA) is 74.2 Å². The zero-order valence-corrected chi connectivity index (χ0v) is 39.4. The molecule has 67 heavy (non-hydrogen) atoms. The molecule has 334 valence electrons. The van der Waals surface area contributed by atoms with Crippen LogP contribution in [0.2, 0.25) is 0 Å². The molecule has 2 bridgehead atoms. The van der Waals surface area contributed by atoms with Crippen molar-refractivity contribution < 1.29 is 4.74 Å². The van der Waals surface area contributed by atoms with E-state index in [1.54, 1.807) is 0 Å². The first-order chi connectivity index (χ1) is 33.0. The number of hydrogen-bond donors (Lipinski definition) is 1. The molecule has 0 saturated heterocycles. The Morgan fingerprint density at radius 3 is 1.96 bits per heavy atom. The van der Waals surface area contributed by atoms with E-state index >= 15 is 0 Å². The zero-order valence-electron chi connectivity index (χ0n) is 39.4. The van der Waals surface area contributed by atoms with Crippen molar-refractivity contribution >= 4 is 90.2 Å². The molecule has 0 unspecified atom stereocenters. The third-order valence-electron chi connectivity index (χ3n) is 11.8. The summed E-state index contributed by atoms with van der Waals surface area (Å²) in [4.78, 5) is 10.2. The van der Waals surface area contributed by atoms with Crippen molar-refractivity contribution in [3.63, 3.8) is 0 Å². The summed E-state index contributed by atoms with van der Waals surface area (Å²) < 4.78 is 13.0. The van der Waals surface area contributed by atoms with Gasteiger partial charge in [0.25, 0.3) is 0 Å². The van der Waals surface area contributed by atoms with E-state index in [1.807, 2.05) is 120 Å². The summed E-state index contributed by atoms with van der Waals surface area (Å²) in [5.41, 5.74) is 16.7. The molecule has 7 nitrogen and oxygen atoms in total. The summed E-state index contributed by atoms with van der Waals surface area (Å²) in [6.07, 6.45) is 6.24. The van der Waals surface area contributed by atoms with Gasteiger partial charge in [0.15, 0.2) is 5.84 Å². The fraction of sp³-hybridized carbons (Fsp3) is 0.133. The van der Waals surface area contributed by atoms with E-state index in [-0.39, 0.29) is 0 Å². The van der Waals surface area contributed by atoms with E-state index in [2.05, 4.69) is 117 Å². The Balaban J connectivity index is 0.000000977. The Hall–Kier alpha value is -8.16. The largest absolute Gasteiger partial charge is 0.489 e. The highest BCUT2D eigenvalue weighted by Crippen LogP contribution is 2.37. The Kier molecular flexibility index (Phi) is 13.8. The van der Waals surface area contributed by atoms with Crippen molar-refractivity contribution in [3.05, 3.63) is 210 Å². The molecule has 11 rings (SSSR count). The number of nitrogens with two attached hydrogens (primary N) is 1. The Bertz CT molecular complexity index is 3660. The number of aliphatic imine (C=N–C) groups is 2. The molecule has 3 aromatic heterocycles. The molecule has 0 saturated carbocycles. The van der Waals surface area contributed by atoms with Gasteiger partial charge in [0, 0.05) is 54.3 Å². The molecule has 2 N–H and O–H groups in total. The van der Waals surface area contributed by atoms with Crippen molar-refractivity contribution in [2.75, 3.05) is 6.61 Å². The highest BCUT2D eigenvalue weighted by atomic mass is 16.5. The number of para-hydroxylation sites is 4. The van der Waals surface area contributed by atoms with Crippen LogP contribution in [0, 0.1) is 0 Å². The standard InChI is InChI=1S/C54H40N6O.3C2H6/c1-35-39-22-15-16-31-61-51-30-14-11-23-40(51)36(2)58(35)50-33-48-45(32-49(50)59-46-28-12-9-24-41(46)44-27-17-26-43(39)52(44)59)42-25-10-13-29-47(42)60(48)54(55)57-53(38-20-7-4-8-21-38)56-34-37-18-5-3-6-19-37;3*1-2/h3-30,32-33H,1-2,31,34H2,(H2,55,56,57);3*1-2H3/b16-15-,39-22+;;;. The van der Waals surface area contributed by atoms with Crippen molar-refractivity contribution in [2.45, 2.75) is 48.1 Å². The summed E-state index contributed by atoms with van der Waals surface area (Å²) in [6.45, 7) is 22.6. The second kappa shape index (κ2) is 20.3. The molecule has 1 aliphatic rings. The number of ether oxygens (including phenoxy) is 1. The van der Waals surface area contributed by atoms with Crippen LogP contribution in [0.5, 0.6) is 5.75 Å². The van der Waals surface area contributed by atoms with Crippen LogP contribution in [0.4, 0.5) is 0 Å². The third kappa shape index (κ3) is 8.25. The average molecular weight is 879 g/mol. The van der Waals surface area contributed by atoms with Gasteiger partial charge in [0.1, 0.15) is 12.4 Å². The molecule has 1 aliphatic heterocycles. The van der Waals surface area contributed by atoms with Gasteiger partial charge in [0.05, 0.1) is 39.6 Å². The van der Waals surface area contributed by atoms with Crippen LogP contribution in [0.1, 0.15) is 58.2 Å². The van der Waals surface area contributed by atoms with Gasteiger partial charge in [-0.15, -0.1) is 0 Å². The van der Waals surface area contributed by atoms with Crippen LogP contribution in [-0.2, 0) is 6.54 Å². The van der Waals surface area contributed by atoms with E-state index in [0.29, 0.717) is 24.9 Å². The van der Waals surface area contributed by atoms with Crippen LogP contribution >= 0.6 is 0 Å². The quantitative estimate of drug-likeness (QED) is 0.142. The van der Waals surface area contributed by atoms with E-state index in [4.69, 9.17) is 33.6 Å². The predicted octanol–water partition coefficient (Wildman–Crippen LogP) is 13.4. The fourth-order valence-electron chi connectivity index (χ4n) is 9.00. The van der Waals surface area contributed by atoms with Gasteiger partial charge in [-0.1, -0.05) is 194 Å². The second-order valence-corrected chi connectivity index (χ2v) is 15.3. The summed E-state index contributed by atoms with van der Waals surface area (Å²) in [5, 5.41) is 7.22. The summed E-state index contributed by atoms with van der Waals surface area (Å²) >= 11 is 0. The minimum atomic E-state index is 0.298. The second-order valence-electron chi connectivity index (χ2n) is 15.3. The summed E-state index contributed by atoms with van der Waals surface area (Å²) in [7, 11) is 0. The van der Waals surface area contributed by atoms with E-state index in [0.717, 1.165) is 93.3 Å². The van der Waals surface area contributed by atoms with Gasteiger partial charge < -0.3 is 19.4 Å². The lowest BCUT2D eigenvalue weighted by Gasteiger charge is -2.19. The van der Waals surface area contributed by atoms with E-state index < -0.39 is 0 Å². The molecule has 10 aromatic rings. The number of benzene rings is 7. The van der Waals surface area contributed by atoms with Crippen LogP contribution < -0.4 is 21.0 Å². The molecule has 0 fully saturated rings. The fourth-order valence-corrected chi connectivity index (χ4v) is 9.00. The van der Waals surface area contributed by atoms with Gasteiger partial charge in [-0.25, -0.2) is 0 Å². The van der Waals surface area contributed by atoms with Gasteiger partial charge in [-0.2, -0.15) is 4.99 Å². The molecular formula is C60H58N6O. The van der Waals surface area contributed by atoms with E-state index in [9.17, 15) is 0 Å². The van der Waals surface area contributed by atoms with Crippen molar-refractivity contribution in [3.8, 4) is 5.75 Å². The van der Waals surface area contributed by atoms with Crippen molar-refractivity contribution in [1.29, 1.82) is 0 Å². The number of nitrogens with zero attached hydrogens (tertiary/aromatic N) is 5. The molecule has 7 heteroatoms. The van der Waals surface area contributed by atoms with Gasteiger partial charge in [-0.05, 0) is 48.0 Å². The lowest BCUT2D eigenvalue weighted by Crippen LogP contribution is -2.33. The van der Waals surface area contributed by atoms with Gasteiger partial charge in [0.2, 0.25) is 5.96 Å². The highest BCUT2D eigenvalue weighted by Gasteiger charge is 2.21. The normalized spacial score (nSPS) is 13.5. The highest BCUT2D eigenvalue weighted by molar-refractivity contribution is 6.20. The maximum Gasteiger partial charge on any atom is 0.207 e. The molecule has 0 amide bonds. The lowest BCUT2D eigenvalue weighted by atomic mass is 10.1. The number of allylic oxidation sites excluding steroid dienone is 1. The Morgan fingerprint density at radius 2 is 1.21 bits per heavy atom. The van der Waals surface area contributed by atoms with E-state index in [1.165, 1.54) is 5.39 Å². The van der Waals surface area contributed by atoms with Crippen molar-refractivity contribution in [1.82, 2.24) is 13.5 Å². The molecule has 0 spiro atoms. The minimum absolute atomic E-state index is 0.298. The lowest BCUT2D eigenvalue weighted by molar-refractivity contribution is 0.362. The van der Waals surface area contributed by atoms with Gasteiger partial charge >= 0.3 is 0 Å². The average Bonchev–Trinajstić information content (AvgIpc) is 3.90. The van der Waals surface area contributed by atoms with Gasteiger partial charge in [-0.3, -0.25) is 9.56 Å². The first-order valence-corrected chi connectivity index (χ1v) is 23.4. The molecule has 7 aromatic carbocycles. The van der Waals surface area contributed by atoms with Crippen LogP contribution in [0.15, 0.2) is 193 Å². The molecule has 0 aliphatic carbocycles. The maximum absolute atomic E-state index is 7.26. The monoisotopic (exact) mass is 878 g/mol. The first-order valence-electron chi connectivity index (χ1n) is 23.4. The number of aromatic nitrogens is 3. The number of amidine groups is 1. The van der Waals surface area contributed by atoms with Crippen molar-refractivity contribution in [2.24, 2.45) is 15.7 Å². The Labute approximate surface area is 392 Å². The first kappa shape index (κ1) is 45.4. The zero-order chi connectivity index (χ0) is 47.0. The molecule has 0 atom stereocenters. The minimum Gasteiger partial charge on any atom is -0.489 e. The third-order valence-corrected chi connectivity index (χ3v) is 11.8. The predicted molar refractivity (Wildman–Crippen MR) is 289 cm³/mol. The molecular weight excluding hydrogens is 821 g/mol. The molecule has 4 heterocycles. The molecule has 0 radical (unpaired) electrons. The maximum atomic E-state index is 7.26. The number of hydrogen-bond acceptors (Lipinski definition) is 2.